The topological polar surface area (TPSA) is 51.7 Å². The van der Waals surface area contributed by atoms with Crippen LogP contribution in [-0.4, -0.2) is 67.6 Å². The number of anilines is 1. The summed E-state index contributed by atoms with van der Waals surface area (Å²) >= 11 is 0. The number of urea groups is 1. The molecule has 0 unspecified atom stereocenters. The van der Waals surface area contributed by atoms with Crippen molar-refractivity contribution in [3.63, 3.8) is 0 Å². The summed E-state index contributed by atoms with van der Waals surface area (Å²) in [6.07, 6.45) is 5.67. The lowest BCUT2D eigenvalue weighted by Crippen LogP contribution is -2.44. The number of aromatic nitrogens is 1. The Morgan fingerprint density at radius 3 is 2.75 bits per heavy atom. The molecule has 24 heavy (non-hydrogen) atoms. The van der Waals surface area contributed by atoms with Gasteiger partial charge in [0.1, 0.15) is 5.82 Å². The molecule has 6 heteroatoms. The number of likely N-dealkylation sites (N-methyl/N-ethyl adjacent to an activating group) is 1. The Hall–Kier alpha value is -1.82. The summed E-state index contributed by atoms with van der Waals surface area (Å²) in [6.45, 7) is 5.56. The van der Waals surface area contributed by atoms with Crippen molar-refractivity contribution in [2.75, 3.05) is 51.7 Å². The standard InChI is InChI=1S/C18H29N5O/c1-21-8-10-23(11-9-21)17-12-16(6-7-19-17)13-20-18(24)22(2)14-15-4-3-5-15/h6-7,12,15H,3-5,8-11,13-14H2,1-2H3,(H,20,24). The lowest BCUT2D eigenvalue weighted by Gasteiger charge is -2.33. The zero-order valence-electron chi connectivity index (χ0n) is 14.9. The Kier molecular flexibility index (Phi) is 5.56. The smallest absolute Gasteiger partial charge is 0.317 e. The van der Waals surface area contributed by atoms with Crippen molar-refractivity contribution >= 4 is 11.8 Å². The van der Waals surface area contributed by atoms with Crippen LogP contribution in [0.1, 0.15) is 24.8 Å². The summed E-state index contributed by atoms with van der Waals surface area (Å²) in [5.41, 5.74) is 1.10. The van der Waals surface area contributed by atoms with Gasteiger partial charge in [-0.05, 0) is 43.5 Å². The molecule has 2 aliphatic rings. The molecule has 0 radical (unpaired) electrons. The minimum absolute atomic E-state index is 0.0138. The number of hydrogen-bond acceptors (Lipinski definition) is 4. The minimum Gasteiger partial charge on any atom is -0.354 e. The van der Waals surface area contributed by atoms with Gasteiger partial charge in [0.25, 0.3) is 0 Å². The van der Waals surface area contributed by atoms with Gasteiger partial charge in [-0.25, -0.2) is 9.78 Å². The molecule has 1 saturated carbocycles. The van der Waals surface area contributed by atoms with Crippen LogP contribution in [0, 0.1) is 5.92 Å². The van der Waals surface area contributed by atoms with E-state index in [2.05, 4.69) is 33.2 Å². The van der Waals surface area contributed by atoms with Crippen LogP contribution < -0.4 is 10.2 Å². The van der Waals surface area contributed by atoms with Crippen molar-refractivity contribution in [2.24, 2.45) is 5.92 Å². The molecule has 0 spiro atoms. The third-order valence-electron chi connectivity index (χ3n) is 5.18. The van der Waals surface area contributed by atoms with E-state index < -0.39 is 0 Å². The first-order valence-electron chi connectivity index (χ1n) is 8.99. The fourth-order valence-electron chi connectivity index (χ4n) is 3.24. The summed E-state index contributed by atoms with van der Waals surface area (Å²) < 4.78 is 0. The van der Waals surface area contributed by atoms with Crippen LogP contribution >= 0.6 is 0 Å². The summed E-state index contributed by atoms with van der Waals surface area (Å²) in [5, 5.41) is 3.02. The van der Waals surface area contributed by atoms with Crippen LogP contribution in [0.3, 0.4) is 0 Å². The number of carbonyl (C=O) groups is 1. The second-order valence-corrected chi connectivity index (χ2v) is 7.15. The average Bonchev–Trinajstić information content (AvgIpc) is 2.56. The van der Waals surface area contributed by atoms with Gasteiger partial charge in [0, 0.05) is 52.5 Å². The van der Waals surface area contributed by atoms with E-state index in [1.54, 1.807) is 0 Å². The van der Waals surface area contributed by atoms with Crippen LogP contribution in [0.15, 0.2) is 18.3 Å². The average molecular weight is 331 g/mol. The van der Waals surface area contributed by atoms with Crippen LogP contribution in [-0.2, 0) is 6.54 Å². The first-order chi connectivity index (χ1) is 11.6. The highest BCUT2D eigenvalue weighted by Gasteiger charge is 2.21. The van der Waals surface area contributed by atoms with Crippen molar-refractivity contribution in [1.82, 2.24) is 20.1 Å². The quantitative estimate of drug-likeness (QED) is 0.893. The number of pyridine rings is 1. The maximum absolute atomic E-state index is 12.2. The van der Waals surface area contributed by atoms with Gasteiger partial charge in [0.2, 0.25) is 0 Å². The van der Waals surface area contributed by atoms with E-state index >= 15 is 0 Å². The van der Waals surface area contributed by atoms with E-state index in [0.717, 1.165) is 44.1 Å². The second kappa shape index (κ2) is 7.83. The molecule has 2 heterocycles. The van der Waals surface area contributed by atoms with Gasteiger partial charge in [-0.3, -0.25) is 0 Å². The first kappa shape index (κ1) is 17.0. The van der Waals surface area contributed by atoms with E-state index in [4.69, 9.17) is 0 Å². The Morgan fingerprint density at radius 2 is 2.08 bits per heavy atom. The second-order valence-electron chi connectivity index (χ2n) is 7.15. The molecule has 0 aromatic carbocycles. The molecule has 1 aromatic heterocycles. The zero-order valence-corrected chi connectivity index (χ0v) is 14.9. The van der Waals surface area contributed by atoms with Crippen molar-refractivity contribution in [1.29, 1.82) is 0 Å². The van der Waals surface area contributed by atoms with Crippen LogP contribution in [0.4, 0.5) is 10.6 Å². The highest BCUT2D eigenvalue weighted by molar-refractivity contribution is 5.73. The predicted molar refractivity (Wildman–Crippen MR) is 96.2 cm³/mol. The third kappa shape index (κ3) is 4.38. The van der Waals surface area contributed by atoms with E-state index in [1.165, 1.54) is 19.3 Å². The fraction of sp³-hybridized carbons (Fsp3) is 0.667. The molecule has 2 amide bonds. The lowest BCUT2D eigenvalue weighted by atomic mass is 9.85. The zero-order chi connectivity index (χ0) is 16.9. The number of hydrogen-bond donors (Lipinski definition) is 1. The van der Waals surface area contributed by atoms with Crippen molar-refractivity contribution in [3.05, 3.63) is 23.9 Å². The van der Waals surface area contributed by atoms with E-state index in [0.29, 0.717) is 12.5 Å². The molecule has 2 fully saturated rings. The van der Waals surface area contributed by atoms with Gasteiger partial charge < -0.3 is 20.0 Å². The molecular weight excluding hydrogens is 302 g/mol. The predicted octanol–water partition coefficient (Wildman–Crippen LogP) is 1.77. The van der Waals surface area contributed by atoms with Crippen molar-refractivity contribution < 1.29 is 4.79 Å². The highest BCUT2D eigenvalue weighted by atomic mass is 16.2. The molecule has 132 valence electrons. The minimum atomic E-state index is 0.0138. The third-order valence-corrected chi connectivity index (χ3v) is 5.18. The number of rotatable bonds is 5. The first-order valence-corrected chi connectivity index (χ1v) is 8.99. The van der Waals surface area contributed by atoms with Crippen LogP contribution in [0.5, 0.6) is 0 Å². The van der Waals surface area contributed by atoms with Gasteiger partial charge in [-0.1, -0.05) is 6.42 Å². The Balaban J connectivity index is 1.49. The molecule has 1 aliphatic heterocycles. The number of amides is 2. The SMILES string of the molecule is CN1CCN(c2cc(CNC(=O)N(C)CC3CCC3)ccn2)CC1. The Labute approximate surface area is 144 Å². The fourth-order valence-corrected chi connectivity index (χ4v) is 3.24. The number of nitrogens with one attached hydrogen (secondary N) is 1. The summed E-state index contributed by atoms with van der Waals surface area (Å²) in [6, 6.07) is 4.09. The largest absolute Gasteiger partial charge is 0.354 e. The molecule has 0 atom stereocenters. The normalized spacial score (nSPS) is 19.0. The van der Waals surface area contributed by atoms with E-state index in [9.17, 15) is 4.79 Å². The molecule has 3 rings (SSSR count). The summed E-state index contributed by atoms with van der Waals surface area (Å²) in [4.78, 5) is 23.1. The van der Waals surface area contributed by atoms with Gasteiger partial charge in [0.05, 0.1) is 0 Å². The maximum Gasteiger partial charge on any atom is 0.317 e. The van der Waals surface area contributed by atoms with Gasteiger partial charge in [-0.15, -0.1) is 0 Å². The maximum atomic E-state index is 12.2. The van der Waals surface area contributed by atoms with Crippen molar-refractivity contribution in [3.8, 4) is 0 Å². The Morgan fingerprint density at radius 1 is 1.33 bits per heavy atom. The lowest BCUT2D eigenvalue weighted by molar-refractivity contribution is 0.182. The molecule has 1 saturated heterocycles. The summed E-state index contributed by atoms with van der Waals surface area (Å²) in [7, 11) is 4.03. The number of nitrogens with zero attached hydrogens (tertiary/aromatic N) is 4. The number of piperazine rings is 1. The molecule has 1 aliphatic carbocycles. The van der Waals surface area contributed by atoms with Gasteiger partial charge >= 0.3 is 6.03 Å². The highest BCUT2D eigenvalue weighted by Crippen LogP contribution is 2.26. The monoisotopic (exact) mass is 331 g/mol. The molecule has 1 aromatic rings. The van der Waals surface area contributed by atoms with E-state index in [1.807, 2.05) is 24.2 Å². The summed E-state index contributed by atoms with van der Waals surface area (Å²) in [5.74, 6) is 1.71. The molecule has 0 bridgehead atoms. The molecule has 6 nitrogen and oxygen atoms in total. The van der Waals surface area contributed by atoms with Gasteiger partial charge in [-0.2, -0.15) is 0 Å². The molecule has 1 N–H and O–H groups in total. The van der Waals surface area contributed by atoms with Crippen molar-refractivity contribution in [2.45, 2.75) is 25.8 Å². The van der Waals surface area contributed by atoms with Crippen LogP contribution in [0.2, 0.25) is 0 Å². The molecular formula is C18H29N5O. The van der Waals surface area contributed by atoms with Crippen LogP contribution in [0.25, 0.3) is 0 Å². The Bertz CT molecular complexity index is 552. The van der Waals surface area contributed by atoms with Gasteiger partial charge in [0.15, 0.2) is 0 Å². The number of carbonyl (C=O) groups excluding carboxylic acids is 1. The van der Waals surface area contributed by atoms with E-state index in [-0.39, 0.29) is 6.03 Å².